The molecule has 158 valence electrons. The number of hydrogen-bond donors (Lipinski definition) is 1. The summed E-state index contributed by atoms with van der Waals surface area (Å²) in [5.74, 6) is 0.819. The van der Waals surface area contributed by atoms with Crippen LogP contribution in [0, 0.1) is 0 Å². The number of benzene rings is 2. The molecule has 1 N–H and O–H groups in total. The minimum atomic E-state index is -0.167. The van der Waals surface area contributed by atoms with Gasteiger partial charge in [0.1, 0.15) is 0 Å². The van der Waals surface area contributed by atoms with Crippen molar-refractivity contribution in [2.45, 2.75) is 18.6 Å². The number of rotatable bonds is 7. The second-order valence-electron chi connectivity index (χ2n) is 6.42. The van der Waals surface area contributed by atoms with Gasteiger partial charge in [-0.25, -0.2) is 4.98 Å². The average Bonchev–Trinajstić information content (AvgIpc) is 3.39. The summed E-state index contributed by atoms with van der Waals surface area (Å²) in [6, 6.07) is 15.1. The van der Waals surface area contributed by atoms with Gasteiger partial charge < -0.3 is 9.88 Å². The van der Waals surface area contributed by atoms with Crippen molar-refractivity contribution in [3.63, 3.8) is 0 Å². The maximum absolute atomic E-state index is 12.5. The molecule has 0 aliphatic carbocycles. The molecule has 0 aliphatic heterocycles. The Balaban J connectivity index is 1.40. The van der Waals surface area contributed by atoms with E-state index in [4.69, 9.17) is 23.2 Å². The van der Waals surface area contributed by atoms with Crippen LogP contribution in [0.5, 0.6) is 0 Å². The molecule has 4 rings (SSSR count). The highest BCUT2D eigenvalue weighted by Gasteiger charge is 2.15. The van der Waals surface area contributed by atoms with Crippen LogP contribution < -0.4 is 5.32 Å². The van der Waals surface area contributed by atoms with Crippen molar-refractivity contribution in [1.82, 2.24) is 19.7 Å². The van der Waals surface area contributed by atoms with Crippen molar-refractivity contribution in [2.75, 3.05) is 11.1 Å². The van der Waals surface area contributed by atoms with Crippen LogP contribution in [0.15, 0.2) is 59.1 Å². The number of anilines is 1. The van der Waals surface area contributed by atoms with Gasteiger partial charge in [0.25, 0.3) is 0 Å². The first-order chi connectivity index (χ1) is 15.0. The normalized spacial score (nSPS) is 10.9. The molecule has 0 atom stereocenters. The second kappa shape index (κ2) is 9.82. The summed E-state index contributed by atoms with van der Waals surface area (Å²) in [6.45, 7) is 2.73. The van der Waals surface area contributed by atoms with E-state index < -0.39 is 0 Å². The second-order valence-corrected chi connectivity index (χ2v) is 9.06. The lowest BCUT2D eigenvalue weighted by molar-refractivity contribution is -0.113. The minimum absolute atomic E-state index is 0.167. The molecule has 0 fully saturated rings. The van der Waals surface area contributed by atoms with E-state index in [1.165, 1.54) is 23.1 Å². The monoisotopic (exact) mass is 489 g/mol. The summed E-state index contributed by atoms with van der Waals surface area (Å²) >= 11 is 14.9. The lowest BCUT2D eigenvalue weighted by Gasteiger charge is -2.07. The van der Waals surface area contributed by atoms with E-state index >= 15 is 0 Å². The molecule has 0 radical (unpaired) electrons. The molecule has 0 unspecified atom stereocenters. The Morgan fingerprint density at radius 3 is 2.71 bits per heavy atom. The number of amides is 1. The van der Waals surface area contributed by atoms with Gasteiger partial charge in [0.15, 0.2) is 16.1 Å². The lowest BCUT2D eigenvalue weighted by atomic mass is 10.2. The number of thioether (sulfide) groups is 1. The molecule has 0 saturated heterocycles. The molecule has 2 aromatic carbocycles. The third-order valence-electron chi connectivity index (χ3n) is 4.36. The molecule has 31 heavy (non-hydrogen) atoms. The largest absolute Gasteiger partial charge is 0.302 e. The number of aromatic nitrogens is 4. The van der Waals surface area contributed by atoms with Crippen LogP contribution in [0.1, 0.15) is 6.92 Å². The van der Waals surface area contributed by atoms with E-state index in [9.17, 15) is 4.79 Å². The number of nitrogens with zero attached hydrogens (tertiary/aromatic N) is 4. The predicted molar refractivity (Wildman–Crippen MR) is 128 cm³/mol. The summed E-state index contributed by atoms with van der Waals surface area (Å²) < 4.78 is 2.00. The average molecular weight is 490 g/mol. The lowest BCUT2D eigenvalue weighted by Crippen LogP contribution is -2.14. The van der Waals surface area contributed by atoms with Gasteiger partial charge in [0.05, 0.1) is 16.5 Å². The summed E-state index contributed by atoms with van der Waals surface area (Å²) in [7, 11) is 0. The number of halogens is 2. The third kappa shape index (κ3) is 5.10. The van der Waals surface area contributed by atoms with Gasteiger partial charge in [-0.2, -0.15) is 0 Å². The molecule has 1 amide bonds. The Labute approximate surface area is 197 Å². The van der Waals surface area contributed by atoms with Crippen molar-refractivity contribution >= 4 is 57.3 Å². The molecule has 0 bridgehead atoms. The summed E-state index contributed by atoms with van der Waals surface area (Å²) in [5, 5.41) is 15.5. The van der Waals surface area contributed by atoms with Gasteiger partial charge in [-0.05, 0) is 25.1 Å². The molecule has 0 spiro atoms. The van der Waals surface area contributed by atoms with Gasteiger partial charge in [-0.1, -0.05) is 65.3 Å². The molecule has 0 saturated carbocycles. The Hall–Kier alpha value is -2.39. The highest BCUT2D eigenvalue weighted by Crippen LogP contribution is 2.32. The number of carbonyl (C=O) groups excluding carboxylic acids is 1. The zero-order valence-corrected chi connectivity index (χ0v) is 19.5. The van der Waals surface area contributed by atoms with Crippen molar-refractivity contribution in [3.8, 4) is 22.6 Å². The van der Waals surface area contributed by atoms with Crippen LogP contribution in [0.25, 0.3) is 22.6 Å². The Morgan fingerprint density at radius 2 is 1.97 bits per heavy atom. The topological polar surface area (TPSA) is 72.7 Å². The molecule has 2 heterocycles. The van der Waals surface area contributed by atoms with E-state index in [-0.39, 0.29) is 11.7 Å². The summed E-state index contributed by atoms with van der Waals surface area (Å²) in [4.78, 5) is 16.9. The van der Waals surface area contributed by atoms with E-state index in [1.54, 1.807) is 12.1 Å². The van der Waals surface area contributed by atoms with Gasteiger partial charge in [-0.3, -0.25) is 4.79 Å². The summed E-state index contributed by atoms with van der Waals surface area (Å²) in [6.07, 6.45) is 0. The molecule has 2 aromatic heterocycles. The minimum Gasteiger partial charge on any atom is -0.302 e. The standard InChI is InChI=1S/C21H17Cl2N5OS2/c1-2-28-19(13-6-4-3-5-7-13)26-27-21(28)31-12-18(29)25-20-24-17(11-30-20)15-9-8-14(22)10-16(15)23/h3-11H,2,12H2,1H3,(H,24,25,29). The zero-order valence-electron chi connectivity index (χ0n) is 16.4. The van der Waals surface area contributed by atoms with E-state index in [2.05, 4.69) is 20.5 Å². The number of carbonyl (C=O) groups is 1. The molecular formula is C21H17Cl2N5OS2. The Morgan fingerprint density at radius 1 is 1.16 bits per heavy atom. The summed E-state index contributed by atoms with van der Waals surface area (Å²) in [5.41, 5.74) is 2.44. The van der Waals surface area contributed by atoms with Gasteiger partial charge >= 0.3 is 0 Å². The molecule has 6 nitrogen and oxygen atoms in total. The SMILES string of the molecule is CCn1c(SCC(=O)Nc2nc(-c3ccc(Cl)cc3Cl)cs2)nnc1-c1ccccc1. The van der Waals surface area contributed by atoms with E-state index in [1.807, 2.05) is 53.3 Å². The Kier molecular flexibility index (Phi) is 6.92. The first-order valence-corrected chi connectivity index (χ1v) is 12.0. The van der Waals surface area contributed by atoms with Gasteiger partial charge in [0.2, 0.25) is 5.91 Å². The maximum atomic E-state index is 12.5. The smallest absolute Gasteiger partial charge is 0.236 e. The van der Waals surface area contributed by atoms with Crippen LogP contribution in [-0.2, 0) is 11.3 Å². The fraction of sp³-hybridized carbons (Fsp3) is 0.143. The predicted octanol–water partition coefficient (Wildman–Crippen LogP) is 6.13. The number of hydrogen-bond acceptors (Lipinski definition) is 6. The Bertz CT molecular complexity index is 1210. The zero-order chi connectivity index (χ0) is 21.8. The highest BCUT2D eigenvalue weighted by atomic mass is 35.5. The van der Waals surface area contributed by atoms with Crippen LogP contribution in [0.2, 0.25) is 10.0 Å². The van der Waals surface area contributed by atoms with Gasteiger partial charge in [0, 0.05) is 28.1 Å². The first kappa shape index (κ1) is 21.8. The van der Waals surface area contributed by atoms with E-state index in [0.29, 0.717) is 32.6 Å². The molecular weight excluding hydrogens is 473 g/mol. The third-order valence-corrected chi connectivity index (χ3v) is 6.63. The molecule has 0 aliphatic rings. The fourth-order valence-electron chi connectivity index (χ4n) is 2.92. The van der Waals surface area contributed by atoms with Crippen LogP contribution in [-0.4, -0.2) is 31.4 Å². The quantitative estimate of drug-likeness (QED) is 0.316. The number of thiazole rings is 1. The van der Waals surface area contributed by atoms with Crippen molar-refractivity contribution < 1.29 is 4.79 Å². The maximum Gasteiger partial charge on any atom is 0.236 e. The van der Waals surface area contributed by atoms with Crippen molar-refractivity contribution in [2.24, 2.45) is 0 Å². The van der Waals surface area contributed by atoms with Gasteiger partial charge in [-0.15, -0.1) is 21.5 Å². The fourth-order valence-corrected chi connectivity index (χ4v) is 4.95. The van der Waals surface area contributed by atoms with Crippen LogP contribution >= 0.6 is 46.3 Å². The van der Waals surface area contributed by atoms with E-state index in [0.717, 1.165) is 17.0 Å². The first-order valence-electron chi connectivity index (χ1n) is 9.37. The van der Waals surface area contributed by atoms with Crippen LogP contribution in [0.4, 0.5) is 5.13 Å². The van der Waals surface area contributed by atoms with Crippen molar-refractivity contribution in [1.29, 1.82) is 0 Å². The molecule has 10 heteroatoms. The molecule has 4 aromatic rings. The number of nitrogens with one attached hydrogen (secondary N) is 1. The highest BCUT2D eigenvalue weighted by molar-refractivity contribution is 7.99. The van der Waals surface area contributed by atoms with Crippen molar-refractivity contribution in [3.05, 3.63) is 64.0 Å². The van der Waals surface area contributed by atoms with Crippen LogP contribution in [0.3, 0.4) is 0 Å².